The second-order valence-corrected chi connectivity index (χ2v) is 5.47. The average molecular weight is 272 g/mol. The molecule has 2 aromatic rings. The summed E-state index contributed by atoms with van der Waals surface area (Å²) in [6.07, 6.45) is 8.93. The van der Waals surface area contributed by atoms with Crippen molar-refractivity contribution in [2.45, 2.75) is 45.2 Å². The van der Waals surface area contributed by atoms with E-state index in [9.17, 15) is 0 Å². The smallest absolute Gasteiger partial charge is 0.0640 e. The first-order valence-corrected chi connectivity index (χ1v) is 7.29. The molecule has 4 nitrogen and oxygen atoms in total. The standard InChI is InChI=1S/C16H24N4/c1-13(2)20-10-8-16(19-20)11-15(17-3)7-6-14-5-4-9-18-12-14/h4-5,8-10,12-13,15,17H,6-7,11H2,1-3H3. The van der Waals surface area contributed by atoms with E-state index in [-0.39, 0.29) is 0 Å². The van der Waals surface area contributed by atoms with Crippen LogP contribution >= 0.6 is 0 Å². The van der Waals surface area contributed by atoms with Gasteiger partial charge >= 0.3 is 0 Å². The Labute approximate surface area is 121 Å². The van der Waals surface area contributed by atoms with Crippen LogP contribution in [0.4, 0.5) is 0 Å². The van der Waals surface area contributed by atoms with E-state index in [0.29, 0.717) is 12.1 Å². The van der Waals surface area contributed by atoms with Crippen LogP contribution in [0.25, 0.3) is 0 Å². The van der Waals surface area contributed by atoms with Crippen LogP contribution in [0, 0.1) is 0 Å². The molecule has 108 valence electrons. The second kappa shape index (κ2) is 7.20. The fourth-order valence-corrected chi connectivity index (χ4v) is 2.26. The highest BCUT2D eigenvalue weighted by atomic mass is 15.3. The van der Waals surface area contributed by atoms with Crippen molar-refractivity contribution in [2.75, 3.05) is 7.05 Å². The van der Waals surface area contributed by atoms with Crippen LogP contribution in [0.5, 0.6) is 0 Å². The van der Waals surface area contributed by atoms with Gasteiger partial charge in [0.05, 0.1) is 5.69 Å². The number of hydrogen-bond acceptors (Lipinski definition) is 3. The highest BCUT2D eigenvalue weighted by Gasteiger charge is 2.10. The predicted molar refractivity (Wildman–Crippen MR) is 81.7 cm³/mol. The Morgan fingerprint density at radius 3 is 2.75 bits per heavy atom. The first-order chi connectivity index (χ1) is 9.69. The molecule has 1 N–H and O–H groups in total. The Hall–Kier alpha value is -1.68. The molecule has 0 fully saturated rings. The van der Waals surface area contributed by atoms with Gasteiger partial charge in [0.15, 0.2) is 0 Å². The first-order valence-electron chi connectivity index (χ1n) is 7.29. The van der Waals surface area contributed by atoms with Crippen molar-refractivity contribution in [1.82, 2.24) is 20.1 Å². The first kappa shape index (κ1) is 14.7. The van der Waals surface area contributed by atoms with E-state index < -0.39 is 0 Å². The van der Waals surface area contributed by atoms with Crippen molar-refractivity contribution in [3.8, 4) is 0 Å². The summed E-state index contributed by atoms with van der Waals surface area (Å²) in [6.45, 7) is 4.30. The zero-order valence-electron chi connectivity index (χ0n) is 12.6. The van der Waals surface area contributed by atoms with E-state index in [1.807, 2.05) is 30.2 Å². The van der Waals surface area contributed by atoms with Crippen molar-refractivity contribution in [2.24, 2.45) is 0 Å². The van der Waals surface area contributed by atoms with E-state index >= 15 is 0 Å². The lowest BCUT2D eigenvalue weighted by Crippen LogP contribution is -2.28. The summed E-state index contributed by atoms with van der Waals surface area (Å²) >= 11 is 0. The van der Waals surface area contributed by atoms with Crippen molar-refractivity contribution < 1.29 is 0 Å². The van der Waals surface area contributed by atoms with Gasteiger partial charge in [0.1, 0.15) is 0 Å². The minimum atomic E-state index is 0.423. The zero-order chi connectivity index (χ0) is 14.4. The molecule has 0 aliphatic heterocycles. The molecule has 2 rings (SSSR count). The van der Waals surface area contributed by atoms with Crippen molar-refractivity contribution in [1.29, 1.82) is 0 Å². The molecule has 0 aromatic carbocycles. The van der Waals surface area contributed by atoms with Crippen molar-refractivity contribution >= 4 is 0 Å². The molecule has 0 spiro atoms. The fraction of sp³-hybridized carbons (Fsp3) is 0.500. The van der Waals surface area contributed by atoms with Crippen LogP contribution in [0.1, 0.15) is 37.6 Å². The molecule has 0 aliphatic carbocycles. The summed E-state index contributed by atoms with van der Waals surface area (Å²) in [5, 5.41) is 8.01. The van der Waals surface area contributed by atoms with Crippen LogP contribution in [-0.2, 0) is 12.8 Å². The molecule has 0 saturated heterocycles. The molecule has 0 radical (unpaired) electrons. The molecule has 0 aliphatic rings. The van der Waals surface area contributed by atoms with Crippen LogP contribution in [0.15, 0.2) is 36.8 Å². The maximum atomic E-state index is 4.62. The van der Waals surface area contributed by atoms with Gasteiger partial charge < -0.3 is 5.32 Å². The van der Waals surface area contributed by atoms with E-state index in [4.69, 9.17) is 0 Å². The number of aromatic nitrogens is 3. The van der Waals surface area contributed by atoms with Gasteiger partial charge in [0.25, 0.3) is 0 Å². The largest absolute Gasteiger partial charge is 0.317 e. The van der Waals surface area contributed by atoms with Crippen LogP contribution in [-0.4, -0.2) is 27.9 Å². The summed E-state index contributed by atoms with van der Waals surface area (Å²) in [5.41, 5.74) is 2.45. The predicted octanol–water partition coefficient (Wildman–Crippen LogP) is 2.62. The lowest BCUT2D eigenvalue weighted by atomic mass is 10.0. The number of hydrogen-bond donors (Lipinski definition) is 1. The Bertz CT molecular complexity index is 504. The Morgan fingerprint density at radius 2 is 2.15 bits per heavy atom. The van der Waals surface area contributed by atoms with Crippen LogP contribution < -0.4 is 5.32 Å². The summed E-state index contributed by atoms with van der Waals surface area (Å²) in [7, 11) is 2.02. The van der Waals surface area contributed by atoms with Crippen LogP contribution in [0.2, 0.25) is 0 Å². The minimum absolute atomic E-state index is 0.423. The number of rotatable bonds is 7. The highest BCUT2D eigenvalue weighted by Crippen LogP contribution is 2.10. The second-order valence-electron chi connectivity index (χ2n) is 5.47. The SMILES string of the molecule is CNC(CCc1cccnc1)Cc1ccn(C(C)C)n1. The third-order valence-electron chi connectivity index (χ3n) is 3.56. The molecule has 0 amide bonds. The number of nitrogens with one attached hydrogen (secondary N) is 1. The van der Waals surface area contributed by atoms with E-state index in [1.165, 1.54) is 5.56 Å². The van der Waals surface area contributed by atoms with E-state index in [0.717, 1.165) is 25.0 Å². The quantitative estimate of drug-likeness (QED) is 0.842. The van der Waals surface area contributed by atoms with Gasteiger partial charge in [-0.1, -0.05) is 6.07 Å². The maximum absolute atomic E-state index is 4.62. The summed E-state index contributed by atoms with van der Waals surface area (Å²) < 4.78 is 2.02. The molecular weight excluding hydrogens is 248 g/mol. The number of aryl methyl sites for hydroxylation is 1. The van der Waals surface area contributed by atoms with Gasteiger partial charge in [-0.05, 0) is 51.4 Å². The number of nitrogens with zero attached hydrogens (tertiary/aromatic N) is 3. The Kier molecular flexibility index (Phi) is 5.30. The van der Waals surface area contributed by atoms with Gasteiger partial charge in [-0.25, -0.2) is 0 Å². The molecule has 20 heavy (non-hydrogen) atoms. The van der Waals surface area contributed by atoms with E-state index in [2.05, 4.69) is 47.6 Å². The molecule has 1 atom stereocenters. The van der Waals surface area contributed by atoms with Gasteiger partial charge in [0.2, 0.25) is 0 Å². The molecule has 4 heteroatoms. The fourth-order valence-electron chi connectivity index (χ4n) is 2.26. The van der Waals surface area contributed by atoms with Gasteiger partial charge in [-0.2, -0.15) is 5.10 Å². The monoisotopic (exact) mass is 272 g/mol. The molecule has 2 aromatic heterocycles. The Balaban J connectivity index is 1.88. The van der Waals surface area contributed by atoms with Gasteiger partial charge in [0, 0.05) is 37.1 Å². The molecular formula is C16H24N4. The topological polar surface area (TPSA) is 42.7 Å². The van der Waals surface area contributed by atoms with E-state index in [1.54, 1.807) is 0 Å². The van der Waals surface area contributed by atoms with Crippen LogP contribution in [0.3, 0.4) is 0 Å². The van der Waals surface area contributed by atoms with Crippen molar-refractivity contribution in [3.05, 3.63) is 48.0 Å². The number of pyridine rings is 1. The summed E-state index contributed by atoms with van der Waals surface area (Å²) in [6, 6.07) is 7.12. The van der Waals surface area contributed by atoms with Gasteiger partial charge in [-0.3, -0.25) is 9.67 Å². The third-order valence-corrected chi connectivity index (χ3v) is 3.56. The maximum Gasteiger partial charge on any atom is 0.0640 e. The lowest BCUT2D eigenvalue weighted by Gasteiger charge is -2.14. The molecule has 2 heterocycles. The zero-order valence-corrected chi connectivity index (χ0v) is 12.6. The lowest BCUT2D eigenvalue weighted by molar-refractivity contribution is 0.493. The summed E-state index contributed by atoms with van der Waals surface area (Å²) in [5.74, 6) is 0. The summed E-state index contributed by atoms with van der Waals surface area (Å²) in [4.78, 5) is 4.16. The molecule has 1 unspecified atom stereocenters. The normalized spacial score (nSPS) is 12.8. The minimum Gasteiger partial charge on any atom is -0.317 e. The Morgan fingerprint density at radius 1 is 1.30 bits per heavy atom. The van der Waals surface area contributed by atoms with Crippen molar-refractivity contribution in [3.63, 3.8) is 0 Å². The highest BCUT2D eigenvalue weighted by molar-refractivity contribution is 5.09. The third kappa shape index (κ3) is 4.17. The number of likely N-dealkylation sites (N-methyl/N-ethyl adjacent to an activating group) is 1. The molecule has 0 saturated carbocycles. The average Bonchev–Trinajstić information content (AvgIpc) is 2.93. The van der Waals surface area contributed by atoms with Gasteiger partial charge in [-0.15, -0.1) is 0 Å². The molecule has 0 bridgehead atoms.